The summed E-state index contributed by atoms with van der Waals surface area (Å²) < 4.78 is 96.5. The predicted molar refractivity (Wildman–Crippen MR) is 528 cm³/mol. The minimum atomic E-state index is -3.32. The zero-order valence-electron chi connectivity index (χ0n) is 77.6. The van der Waals surface area contributed by atoms with Crippen LogP contribution in [-0.2, 0) is 86.5 Å². The van der Waals surface area contributed by atoms with Crippen LogP contribution in [-0.4, -0.2) is 166 Å². The van der Waals surface area contributed by atoms with Crippen molar-refractivity contribution in [1.82, 2.24) is 19.7 Å². The van der Waals surface area contributed by atoms with E-state index in [0.717, 1.165) is 223 Å². The Morgan fingerprint density at radius 3 is 1.30 bits per heavy atom. The third-order valence-corrected chi connectivity index (χ3v) is 36.8. The highest BCUT2D eigenvalue weighted by Crippen LogP contribution is 2.53. The molecule has 8 heterocycles. The topological polar surface area (TPSA) is 312 Å². The van der Waals surface area contributed by atoms with Crippen LogP contribution in [0, 0.1) is 53.3 Å². The maximum atomic E-state index is 14.8. The van der Waals surface area contributed by atoms with Gasteiger partial charge in [0.15, 0.2) is 11.5 Å². The Hall–Kier alpha value is -8.26. The van der Waals surface area contributed by atoms with Gasteiger partial charge in [-0.15, -0.1) is 13.1 Å². The van der Waals surface area contributed by atoms with Crippen molar-refractivity contribution in [3.8, 4) is 17.2 Å². The number of anilines is 4. The van der Waals surface area contributed by atoms with Crippen LogP contribution in [0.1, 0.15) is 207 Å². The van der Waals surface area contributed by atoms with E-state index >= 15 is 0 Å². The van der Waals surface area contributed by atoms with Crippen LogP contribution in [0.2, 0.25) is 15.1 Å². The normalized spacial score (nSPS) is 32.4. The summed E-state index contributed by atoms with van der Waals surface area (Å²) in [5.41, 5.74) is 11.5. The van der Waals surface area contributed by atoms with Gasteiger partial charge in [0.2, 0.25) is 0 Å². The SMILES string of the molecule is CO[C@H]1/C=C/C[C@H](C)CS(N)(=O)=NC(=O)c2ccc3c(c2)N(C[C@@H]2CC[C@H]21)C[C@@]1(CCCc2cc(Cl)ccc21)CO3.CO[C@H]1CCC[C@H](C)CS(=O)(Nc2ncnc3nn(C)cc23)=NC(=O)c2ccc3c(c2)N(C[C@@H]2CC[C@H]21)C[C@@]1(CCCc2cc(Cl)ccc21)CO3.CO[C@H]1CCC[C@H](C)CS(N)(=O)=NC(=O)c2ccc3c(c2)N(C[C@@H]2CC[C@H]21)C[C@@]1(CCCc2cc(Cl)ccc21)CO3. The molecular weight excluding hydrogens is 1800 g/mol. The van der Waals surface area contributed by atoms with Gasteiger partial charge in [-0.1, -0.05) is 98.8 Å². The zero-order valence-corrected chi connectivity index (χ0v) is 82.3. The molecule has 3 spiro atoms. The largest absolute Gasteiger partial charge is 0.490 e. The van der Waals surface area contributed by atoms with Crippen LogP contribution < -0.4 is 43.9 Å². The van der Waals surface area contributed by atoms with Crippen molar-refractivity contribution in [2.45, 2.75) is 197 Å². The Labute approximate surface area is 799 Å². The lowest BCUT2D eigenvalue weighted by molar-refractivity contribution is -0.0224. The molecule has 31 heteroatoms. The average molecular weight is 1930 g/mol. The quantitative estimate of drug-likeness (QED) is 0.135. The van der Waals surface area contributed by atoms with E-state index in [-0.39, 0.29) is 69.6 Å². The second-order valence-electron chi connectivity index (χ2n) is 40.5. The summed E-state index contributed by atoms with van der Waals surface area (Å²) in [6, 6.07) is 35.3. The Balaban J connectivity index is 0.000000135. The maximum Gasteiger partial charge on any atom is 0.286 e. The number of allylic oxidation sites excluding steroid dienone is 1. The van der Waals surface area contributed by atoms with E-state index in [4.69, 9.17) is 73.5 Å². The first-order valence-electron chi connectivity index (χ1n) is 48.0. The van der Waals surface area contributed by atoms with Crippen LogP contribution in [0.3, 0.4) is 0 Å². The average Bonchev–Trinajstić information content (AvgIpc) is 1.71. The number of carbonyl (C=O) groups is 3. The summed E-state index contributed by atoms with van der Waals surface area (Å²) in [6.45, 7) is 12.6. The van der Waals surface area contributed by atoms with E-state index in [9.17, 15) is 27.0 Å². The van der Waals surface area contributed by atoms with Gasteiger partial charge < -0.3 is 43.1 Å². The summed E-state index contributed by atoms with van der Waals surface area (Å²) in [6.07, 6.45) is 30.1. The van der Waals surface area contributed by atoms with Crippen LogP contribution in [0.25, 0.3) is 11.0 Å². The Kier molecular flexibility index (Phi) is 28.4. The molecule has 18 atom stereocenters. The first-order chi connectivity index (χ1) is 63.9. The first-order valence-corrected chi connectivity index (χ1v) is 54.3. The van der Waals surface area contributed by atoms with Crippen molar-refractivity contribution in [1.29, 1.82) is 0 Å². The number of carbonyl (C=O) groups excluding carboxylic acids is 3. The van der Waals surface area contributed by atoms with Gasteiger partial charge in [0.25, 0.3) is 17.7 Å². The van der Waals surface area contributed by atoms with E-state index in [2.05, 4.69) is 103 Å². The van der Waals surface area contributed by atoms with Crippen molar-refractivity contribution < 1.29 is 55.4 Å². The summed E-state index contributed by atoms with van der Waals surface area (Å²) in [7, 11) is -2.40. The molecule has 5 N–H and O–H groups in total. The number of nitrogens with zero attached hydrogens (tertiary/aromatic N) is 10. The van der Waals surface area contributed by atoms with Gasteiger partial charge in [-0.05, 0) is 306 Å². The monoisotopic (exact) mass is 1930 g/mol. The fourth-order valence-electron chi connectivity index (χ4n) is 24.0. The summed E-state index contributed by atoms with van der Waals surface area (Å²) >= 11 is 19.3. The van der Waals surface area contributed by atoms with Gasteiger partial charge in [-0.25, -0.2) is 32.9 Å². The molecule has 712 valence electrons. The number of amides is 3. The molecule has 133 heavy (non-hydrogen) atoms. The highest BCUT2D eigenvalue weighted by Gasteiger charge is 2.50. The standard InChI is InChI=1S/C38H46ClN7O4S.C32H42ClN3O4S.C32H40ClN3O4S/c1-24-6-4-8-33(49-3)29-12-9-27(29)18-46-21-38(15-5-7-25-16-28(39)11-13-31(25)38)22-50-34-14-10-26(17-32(34)46)37(47)44-51(48,20-24)43-36-30-19-45(2)42-35(30)40-23-41-36;2*1-21-5-3-7-29(39-2)26-11-8-24(26)17-36-19-32(14-4-6-22-15-25(33)10-12-27(22)32)20-40-30-13-9-23(16-28(30)36)31(37)35-41(34,38)18-21/h10-11,13-14,16-17,19,23-24,27,29,33H,4-9,12,15,18,20-22H2,1-3H3,(H,40,41,42,43,44,47,48);9-10,12-13,15-16,21,24,26,29H,3-8,11,14,17-20H2,1-2H3,(H2,34,35,37,38);3,7,9-10,12-13,15-16,21,24,26,29H,4-6,8,11,14,17-20H2,1-2H3,(H2,34,35,37,38)/b;;7-3+/t24-,27-,29+,33-,38-,51?;2*21-,24-,26+,29-,32-,41?/m000/s1. The molecule has 25 nitrogen and oxygen atoms in total. The fourth-order valence-corrected chi connectivity index (χ4v) is 29.4. The molecular formula is C102H128Cl3N13O12S3. The maximum absolute atomic E-state index is 14.8. The molecule has 3 amide bonds. The third-order valence-electron chi connectivity index (χ3n) is 31.1. The molecule has 6 aliphatic heterocycles. The van der Waals surface area contributed by atoms with E-state index < -0.39 is 47.5 Å². The number of methoxy groups -OCH3 is 3. The van der Waals surface area contributed by atoms with Crippen molar-refractivity contribution in [3.05, 3.63) is 199 Å². The number of hydrogen-bond acceptors (Lipinski definition) is 18. The lowest BCUT2D eigenvalue weighted by Crippen LogP contribution is -2.49. The molecule has 3 fully saturated rings. The van der Waals surface area contributed by atoms with E-state index in [1.54, 1.807) is 43.2 Å². The first kappa shape index (κ1) is 95.1. The number of benzene rings is 6. The van der Waals surface area contributed by atoms with Crippen molar-refractivity contribution >= 4 is 116 Å². The molecule has 6 bridgehead atoms. The molecule has 6 aliphatic carbocycles. The number of fused-ring (bicyclic) bond motifs is 13. The van der Waals surface area contributed by atoms with Crippen molar-refractivity contribution in [3.63, 3.8) is 0 Å². The highest BCUT2D eigenvalue weighted by molar-refractivity contribution is 7.95. The van der Waals surface area contributed by atoms with Gasteiger partial charge in [-0.3, -0.25) is 23.8 Å². The van der Waals surface area contributed by atoms with E-state index in [1.807, 2.05) is 82.7 Å². The van der Waals surface area contributed by atoms with E-state index in [0.29, 0.717) is 95.3 Å². The Morgan fingerprint density at radius 1 is 0.474 bits per heavy atom. The van der Waals surface area contributed by atoms with Gasteiger partial charge in [0.05, 0.1) is 66.3 Å². The van der Waals surface area contributed by atoms with Gasteiger partial charge in [0, 0.05) is 133 Å². The minimum Gasteiger partial charge on any atom is -0.490 e. The number of nitrogens with two attached hydrogens (primary N) is 2. The Morgan fingerprint density at radius 2 is 0.887 bits per heavy atom. The Bertz CT molecular complexity index is 6170. The number of ether oxygens (including phenoxy) is 6. The number of aryl methyl sites for hydroxylation is 4. The lowest BCUT2D eigenvalue weighted by Gasteiger charge is -2.46. The van der Waals surface area contributed by atoms with Gasteiger partial charge in [-0.2, -0.15) is 5.10 Å². The zero-order chi connectivity index (χ0) is 92.9. The van der Waals surface area contributed by atoms with Crippen molar-refractivity contribution in [2.75, 3.05) is 117 Å². The number of nitrogens with one attached hydrogen (secondary N) is 1. The molecule has 2 aromatic heterocycles. The summed E-state index contributed by atoms with van der Waals surface area (Å²) in [4.78, 5) is 56.7. The molecule has 6 aromatic carbocycles. The molecule has 20 rings (SSSR count). The van der Waals surface area contributed by atoms with E-state index in [1.165, 1.54) is 39.7 Å². The lowest BCUT2D eigenvalue weighted by atomic mass is 9.68. The smallest absolute Gasteiger partial charge is 0.286 e. The minimum absolute atomic E-state index is 0.0166. The molecule has 3 saturated carbocycles. The molecule has 3 unspecified atom stereocenters. The second kappa shape index (κ2) is 39.7. The predicted octanol–water partition coefficient (Wildman–Crippen LogP) is 19.1. The summed E-state index contributed by atoms with van der Waals surface area (Å²) in [5, 5.41) is 19.5. The van der Waals surface area contributed by atoms with Crippen molar-refractivity contribution in [2.24, 2.45) is 83.7 Å². The number of halogens is 3. The number of rotatable bonds is 5. The van der Waals surface area contributed by atoms with Crippen LogP contribution in [0.4, 0.5) is 22.9 Å². The van der Waals surface area contributed by atoms with Crippen LogP contribution in [0.5, 0.6) is 17.2 Å². The number of aromatic nitrogens is 4. The third kappa shape index (κ3) is 20.7. The fraction of sp³-hybridized carbons (Fsp3) is 0.549. The van der Waals surface area contributed by atoms with Gasteiger partial charge in [0.1, 0.15) is 53.3 Å². The number of hydrogen-bond donors (Lipinski definition) is 3. The summed E-state index contributed by atoms with van der Waals surface area (Å²) in [5.74, 6) is 4.40. The van der Waals surface area contributed by atoms with Gasteiger partial charge >= 0.3 is 0 Å². The second-order valence-corrected chi connectivity index (χ2v) is 47.6. The molecule has 0 radical (unpaired) electrons. The molecule has 12 aliphatic rings. The highest BCUT2D eigenvalue weighted by atomic mass is 35.5. The van der Waals surface area contributed by atoms with Crippen LogP contribution >= 0.6 is 34.8 Å². The molecule has 0 saturated heterocycles. The molecule has 8 aromatic rings. The van der Waals surface area contributed by atoms with Crippen LogP contribution in [0.15, 0.2) is 147 Å².